The number of nitriles is 2. The lowest BCUT2D eigenvalue weighted by Crippen LogP contribution is -2.31. The van der Waals surface area contributed by atoms with Crippen LogP contribution in [0.1, 0.15) is 22.3 Å². The number of halogens is 6. The Labute approximate surface area is 199 Å². The van der Waals surface area contributed by atoms with Crippen molar-refractivity contribution in [1.82, 2.24) is 0 Å². The molecule has 0 spiro atoms. The van der Waals surface area contributed by atoms with E-state index in [9.17, 15) is 41.7 Å². The minimum absolute atomic E-state index is 0.199. The third kappa shape index (κ3) is 5.95. The summed E-state index contributed by atoms with van der Waals surface area (Å²) in [7, 11) is 0. The van der Waals surface area contributed by atoms with E-state index in [0.29, 0.717) is 29.3 Å². The van der Waals surface area contributed by atoms with E-state index in [4.69, 9.17) is 0 Å². The molecule has 0 aliphatic heterocycles. The van der Waals surface area contributed by atoms with Crippen LogP contribution in [0.25, 0.3) is 0 Å². The van der Waals surface area contributed by atoms with E-state index < -0.39 is 46.4 Å². The van der Waals surface area contributed by atoms with Crippen LogP contribution in [0.3, 0.4) is 0 Å². The van der Waals surface area contributed by atoms with Crippen LogP contribution in [0.2, 0.25) is 0 Å². The van der Waals surface area contributed by atoms with Crippen molar-refractivity contribution in [2.75, 3.05) is 10.3 Å². The molecule has 1 N–H and O–H groups in total. The Kier molecular flexibility index (Phi) is 7.25. The van der Waals surface area contributed by atoms with Gasteiger partial charge in [0.2, 0.25) is 0 Å². The molecule has 0 aromatic heterocycles. The standard InChI is InChI=1S/C23H12F6N6O/c24-22(25,26)16-8-6-14(12-30)19(10-16)33-34-35(21(36)32-18-4-2-1-3-5-18)20-11-17(23(27,28)29)9-7-15(20)13-31/h1-11H,(H,32,36)/b34-33+. The van der Waals surface area contributed by atoms with Crippen LogP contribution in [0.5, 0.6) is 0 Å². The highest BCUT2D eigenvalue weighted by Crippen LogP contribution is 2.35. The Morgan fingerprint density at radius 2 is 1.36 bits per heavy atom. The van der Waals surface area contributed by atoms with Gasteiger partial charge in [-0.05, 0) is 48.5 Å². The SMILES string of the molecule is N#Cc1ccc(C(F)(F)F)cc1/N=N/N(C(=O)Nc1ccccc1)c1cc(C(F)(F)F)ccc1C#N. The minimum Gasteiger partial charge on any atom is -0.306 e. The van der Waals surface area contributed by atoms with Crippen molar-refractivity contribution in [2.24, 2.45) is 10.3 Å². The molecule has 0 heterocycles. The Morgan fingerprint density at radius 3 is 1.92 bits per heavy atom. The first-order chi connectivity index (χ1) is 16.9. The van der Waals surface area contributed by atoms with Crippen LogP contribution in [-0.4, -0.2) is 6.03 Å². The molecule has 7 nitrogen and oxygen atoms in total. The maximum atomic E-state index is 13.3. The summed E-state index contributed by atoms with van der Waals surface area (Å²) in [4.78, 5) is 13.0. The van der Waals surface area contributed by atoms with Crippen LogP contribution in [-0.2, 0) is 12.4 Å². The van der Waals surface area contributed by atoms with E-state index in [1.54, 1.807) is 30.3 Å². The van der Waals surface area contributed by atoms with Crippen LogP contribution in [0, 0.1) is 22.7 Å². The molecule has 0 saturated heterocycles. The number of anilines is 2. The van der Waals surface area contributed by atoms with E-state index in [2.05, 4.69) is 15.7 Å². The normalized spacial score (nSPS) is 11.6. The maximum absolute atomic E-state index is 13.3. The number of rotatable bonds is 4. The lowest BCUT2D eigenvalue weighted by atomic mass is 10.1. The van der Waals surface area contributed by atoms with Gasteiger partial charge in [0.05, 0.1) is 27.9 Å². The number of carbonyl (C=O) groups is 1. The van der Waals surface area contributed by atoms with Crippen LogP contribution < -0.4 is 10.3 Å². The van der Waals surface area contributed by atoms with Crippen molar-refractivity contribution in [3.05, 3.63) is 89.0 Å². The number of alkyl halides is 6. The van der Waals surface area contributed by atoms with Gasteiger partial charge in [0.25, 0.3) is 0 Å². The summed E-state index contributed by atoms with van der Waals surface area (Å²) in [6, 6.07) is 13.6. The molecule has 2 amide bonds. The largest absolute Gasteiger partial charge is 0.416 e. The van der Waals surface area contributed by atoms with Crippen molar-refractivity contribution in [2.45, 2.75) is 12.4 Å². The van der Waals surface area contributed by atoms with Crippen molar-refractivity contribution in [1.29, 1.82) is 10.5 Å². The lowest BCUT2D eigenvalue weighted by Gasteiger charge is -2.19. The fourth-order valence-electron chi connectivity index (χ4n) is 2.85. The number of amides is 2. The summed E-state index contributed by atoms with van der Waals surface area (Å²) in [6.07, 6.45) is -9.64. The molecule has 0 aliphatic rings. The van der Waals surface area contributed by atoms with E-state index in [0.717, 1.165) is 12.1 Å². The lowest BCUT2D eigenvalue weighted by molar-refractivity contribution is -0.138. The van der Waals surface area contributed by atoms with Gasteiger partial charge in [-0.25, -0.2) is 4.79 Å². The van der Waals surface area contributed by atoms with Crippen molar-refractivity contribution >= 4 is 23.1 Å². The molecule has 36 heavy (non-hydrogen) atoms. The zero-order valence-electron chi connectivity index (χ0n) is 17.8. The van der Waals surface area contributed by atoms with Crippen molar-refractivity contribution in [3.8, 4) is 12.1 Å². The number of nitrogens with zero attached hydrogens (tertiary/aromatic N) is 5. The average molecular weight is 502 g/mol. The Hall–Kier alpha value is -4.91. The maximum Gasteiger partial charge on any atom is 0.416 e. The van der Waals surface area contributed by atoms with Crippen molar-refractivity contribution < 1.29 is 31.1 Å². The first kappa shape index (κ1) is 25.7. The minimum atomic E-state index is -4.85. The summed E-state index contributed by atoms with van der Waals surface area (Å²) in [5.41, 5.74) is -4.20. The number of nitrogens with one attached hydrogen (secondary N) is 1. The number of carbonyl (C=O) groups excluding carboxylic acids is 1. The average Bonchev–Trinajstić information content (AvgIpc) is 2.83. The molecule has 0 aliphatic carbocycles. The molecule has 3 rings (SSSR count). The van der Waals surface area contributed by atoms with Gasteiger partial charge in [-0.2, -0.15) is 41.9 Å². The third-order valence-electron chi connectivity index (χ3n) is 4.58. The highest BCUT2D eigenvalue weighted by atomic mass is 19.4. The van der Waals surface area contributed by atoms with E-state index >= 15 is 0 Å². The molecular formula is C23H12F6N6O. The fourth-order valence-corrected chi connectivity index (χ4v) is 2.85. The number of para-hydroxylation sites is 1. The molecule has 0 radical (unpaired) electrons. The summed E-state index contributed by atoms with van der Waals surface area (Å²) in [5, 5.41) is 28.3. The molecule has 0 saturated carbocycles. The van der Waals surface area contributed by atoms with Gasteiger partial charge in [0.1, 0.15) is 17.8 Å². The zero-order chi connectivity index (χ0) is 26.5. The summed E-state index contributed by atoms with van der Waals surface area (Å²) in [6.45, 7) is 0. The predicted octanol–water partition coefficient (Wildman–Crippen LogP) is 7.20. The Bertz CT molecular complexity index is 1390. The summed E-state index contributed by atoms with van der Waals surface area (Å²) >= 11 is 0. The molecule has 182 valence electrons. The highest BCUT2D eigenvalue weighted by molar-refractivity contribution is 6.02. The summed E-state index contributed by atoms with van der Waals surface area (Å²) in [5.74, 6) is 0. The molecule has 13 heteroatoms. The van der Waals surface area contributed by atoms with E-state index in [1.165, 1.54) is 12.1 Å². The molecule has 3 aromatic rings. The monoisotopic (exact) mass is 502 g/mol. The Balaban J connectivity index is 2.15. The van der Waals surface area contributed by atoms with Gasteiger partial charge in [-0.3, -0.25) is 0 Å². The van der Waals surface area contributed by atoms with Crippen LogP contribution >= 0.6 is 0 Å². The molecule has 3 aromatic carbocycles. The van der Waals surface area contributed by atoms with Crippen molar-refractivity contribution in [3.63, 3.8) is 0 Å². The highest BCUT2D eigenvalue weighted by Gasteiger charge is 2.33. The summed E-state index contributed by atoms with van der Waals surface area (Å²) < 4.78 is 79.3. The van der Waals surface area contributed by atoms with E-state index in [1.807, 2.05) is 0 Å². The van der Waals surface area contributed by atoms with Gasteiger partial charge in [0.15, 0.2) is 0 Å². The topological polar surface area (TPSA) is 105 Å². The third-order valence-corrected chi connectivity index (χ3v) is 4.58. The van der Waals surface area contributed by atoms with Gasteiger partial charge in [0, 0.05) is 5.69 Å². The van der Waals surface area contributed by atoms with Crippen LogP contribution in [0.15, 0.2) is 77.1 Å². The first-order valence-electron chi connectivity index (χ1n) is 9.74. The molecular weight excluding hydrogens is 490 g/mol. The second kappa shape index (κ2) is 10.1. The van der Waals surface area contributed by atoms with Crippen LogP contribution in [0.4, 0.5) is 48.2 Å². The zero-order valence-corrected chi connectivity index (χ0v) is 17.8. The van der Waals surface area contributed by atoms with Gasteiger partial charge in [-0.1, -0.05) is 23.4 Å². The van der Waals surface area contributed by atoms with Gasteiger partial charge >= 0.3 is 18.4 Å². The number of benzene rings is 3. The second-order valence-electron chi connectivity index (χ2n) is 6.98. The molecule has 0 atom stereocenters. The predicted molar refractivity (Wildman–Crippen MR) is 115 cm³/mol. The second-order valence-corrected chi connectivity index (χ2v) is 6.98. The van der Waals surface area contributed by atoms with Gasteiger partial charge in [-0.15, -0.1) is 5.11 Å². The molecule has 0 unspecified atom stereocenters. The fraction of sp³-hybridized carbons (Fsp3) is 0.0870. The number of hydrogen-bond donors (Lipinski definition) is 1. The molecule has 0 bridgehead atoms. The Morgan fingerprint density at radius 1 is 0.806 bits per heavy atom. The smallest absolute Gasteiger partial charge is 0.306 e. The number of urea groups is 1. The first-order valence-corrected chi connectivity index (χ1v) is 9.74. The molecule has 0 fully saturated rings. The van der Waals surface area contributed by atoms with E-state index in [-0.39, 0.29) is 11.3 Å². The quantitative estimate of drug-likeness (QED) is 0.232. The van der Waals surface area contributed by atoms with Gasteiger partial charge < -0.3 is 5.32 Å². The number of hydrogen-bond acceptors (Lipinski definition) is 5.